The molecule has 4 aromatic rings. The number of hydrogen-bond donors (Lipinski definition) is 1. The van der Waals surface area contributed by atoms with Crippen molar-refractivity contribution < 1.29 is 13.2 Å². The highest BCUT2D eigenvalue weighted by Gasteiger charge is 2.28. The molecule has 40 heavy (non-hydrogen) atoms. The molecule has 1 saturated heterocycles. The summed E-state index contributed by atoms with van der Waals surface area (Å²) in [5.41, 5.74) is 4.71. The van der Waals surface area contributed by atoms with Gasteiger partial charge in [0.05, 0.1) is 22.7 Å². The minimum absolute atomic E-state index is 0.0972. The Bertz CT molecular complexity index is 1550. The Balaban J connectivity index is 1.44. The van der Waals surface area contributed by atoms with Gasteiger partial charge in [-0.05, 0) is 73.8 Å². The lowest BCUT2D eigenvalue weighted by molar-refractivity contribution is 0.0951. The summed E-state index contributed by atoms with van der Waals surface area (Å²) in [5.74, 6) is -0.316. The summed E-state index contributed by atoms with van der Waals surface area (Å²) in [7, 11) is -3.96. The van der Waals surface area contributed by atoms with Crippen LogP contribution in [-0.4, -0.2) is 32.3 Å². The minimum atomic E-state index is -3.96. The van der Waals surface area contributed by atoms with E-state index in [4.69, 9.17) is 0 Å². The van der Waals surface area contributed by atoms with Gasteiger partial charge >= 0.3 is 0 Å². The first-order valence-electron chi connectivity index (χ1n) is 13.7. The smallest absolute Gasteiger partial charge is 0.264 e. The van der Waals surface area contributed by atoms with E-state index < -0.39 is 10.0 Å². The van der Waals surface area contributed by atoms with Crippen molar-refractivity contribution >= 4 is 21.6 Å². The molecule has 0 saturated carbocycles. The Morgan fingerprint density at radius 2 is 1.43 bits per heavy atom. The molecule has 6 nitrogen and oxygen atoms in total. The maximum Gasteiger partial charge on any atom is 0.264 e. The second-order valence-electron chi connectivity index (χ2n) is 10.3. The first kappa shape index (κ1) is 27.6. The number of benzene rings is 4. The predicted molar refractivity (Wildman–Crippen MR) is 160 cm³/mol. The van der Waals surface area contributed by atoms with E-state index in [-0.39, 0.29) is 17.3 Å². The third kappa shape index (κ3) is 6.43. The average Bonchev–Trinajstić information content (AvgIpc) is 3.49. The van der Waals surface area contributed by atoms with Crippen LogP contribution in [0.5, 0.6) is 0 Å². The Hall–Kier alpha value is -3.94. The lowest BCUT2D eigenvalue weighted by atomic mass is 10.1. The van der Waals surface area contributed by atoms with Crippen LogP contribution in [0.25, 0.3) is 0 Å². The molecule has 1 aliphatic rings. The highest BCUT2D eigenvalue weighted by atomic mass is 32.2. The molecule has 4 aromatic carbocycles. The standard InChI is InChI=1S/C33H35N3O3S/c1-26-17-19-30(20-18-26)40(38,39)36(24-27-11-3-2-4-12-27)32-16-8-7-15-31(32)33(37)34-23-28-13-5-6-14-29(28)25-35-21-9-10-22-35/h2-8,11-20H,9-10,21-25H2,1H3,(H,34,37). The molecule has 0 bridgehead atoms. The van der Waals surface area contributed by atoms with Crippen LogP contribution in [-0.2, 0) is 29.7 Å². The quantitative estimate of drug-likeness (QED) is 0.265. The zero-order valence-corrected chi connectivity index (χ0v) is 23.6. The van der Waals surface area contributed by atoms with Crippen LogP contribution in [0, 0.1) is 6.92 Å². The van der Waals surface area contributed by atoms with Gasteiger partial charge in [-0.25, -0.2) is 8.42 Å². The second-order valence-corrected chi connectivity index (χ2v) is 12.1. The Morgan fingerprint density at radius 1 is 0.800 bits per heavy atom. The number of carbonyl (C=O) groups excluding carboxylic acids is 1. The first-order valence-corrected chi connectivity index (χ1v) is 15.2. The van der Waals surface area contributed by atoms with Crippen LogP contribution >= 0.6 is 0 Å². The predicted octanol–water partition coefficient (Wildman–Crippen LogP) is 5.92. The molecule has 0 aromatic heterocycles. The van der Waals surface area contributed by atoms with Gasteiger partial charge in [-0.3, -0.25) is 14.0 Å². The van der Waals surface area contributed by atoms with Crippen molar-refractivity contribution in [3.8, 4) is 0 Å². The van der Waals surface area contributed by atoms with Gasteiger partial charge in [0.15, 0.2) is 0 Å². The molecule has 1 amide bonds. The summed E-state index contributed by atoms with van der Waals surface area (Å²) in [6.45, 7) is 5.44. The van der Waals surface area contributed by atoms with Crippen molar-refractivity contribution in [2.45, 2.75) is 44.3 Å². The monoisotopic (exact) mass is 553 g/mol. The number of amides is 1. The largest absolute Gasteiger partial charge is 0.348 e. The number of carbonyl (C=O) groups is 1. The molecule has 1 fully saturated rings. The zero-order chi connectivity index (χ0) is 28.0. The van der Waals surface area contributed by atoms with Gasteiger partial charge in [0.2, 0.25) is 0 Å². The van der Waals surface area contributed by atoms with E-state index in [1.807, 2.05) is 55.5 Å². The van der Waals surface area contributed by atoms with Gasteiger partial charge < -0.3 is 5.32 Å². The first-order chi connectivity index (χ1) is 19.4. The SMILES string of the molecule is Cc1ccc(S(=O)(=O)N(Cc2ccccc2)c2ccccc2C(=O)NCc2ccccc2CN2CCCC2)cc1. The maximum absolute atomic E-state index is 14.0. The molecule has 0 radical (unpaired) electrons. The highest BCUT2D eigenvalue weighted by Crippen LogP contribution is 2.29. The van der Waals surface area contributed by atoms with E-state index in [2.05, 4.69) is 16.3 Å². The maximum atomic E-state index is 14.0. The van der Waals surface area contributed by atoms with Crippen LogP contribution in [0.15, 0.2) is 108 Å². The molecule has 1 heterocycles. The highest BCUT2D eigenvalue weighted by molar-refractivity contribution is 7.92. The Labute approximate surface area is 237 Å². The van der Waals surface area contributed by atoms with Gasteiger partial charge in [0.25, 0.3) is 15.9 Å². The summed E-state index contributed by atoms with van der Waals surface area (Å²) in [4.78, 5) is 16.2. The molecule has 5 rings (SSSR count). The van der Waals surface area contributed by atoms with E-state index >= 15 is 0 Å². The van der Waals surface area contributed by atoms with Crippen LogP contribution in [0.4, 0.5) is 5.69 Å². The Morgan fingerprint density at radius 3 is 2.15 bits per heavy atom. The van der Waals surface area contributed by atoms with Crippen molar-refractivity contribution in [1.82, 2.24) is 10.2 Å². The number of anilines is 1. The molecule has 1 N–H and O–H groups in total. The normalized spacial score (nSPS) is 13.7. The number of nitrogens with zero attached hydrogens (tertiary/aromatic N) is 2. The van der Waals surface area contributed by atoms with E-state index in [1.165, 1.54) is 22.7 Å². The molecule has 206 valence electrons. The van der Waals surface area contributed by atoms with Crippen LogP contribution in [0.1, 0.15) is 45.5 Å². The van der Waals surface area contributed by atoms with Crippen molar-refractivity contribution in [1.29, 1.82) is 0 Å². The van der Waals surface area contributed by atoms with E-state index in [1.54, 1.807) is 48.5 Å². The lowest BCUT2D eigenvalue weighted by Crippen LogP contribution is -2.33. The fourth-order valence-electron chi connectivity index (χ4n) is 5.11. The summed E-state index contributed by atoms with van der Waals surface area (Å²) in [5, 5.41) is 3.06. The summed E-state index contributed by atoms with van der Waals surface area (Å²) >= 11 is 0. The molecule has 0 aliphatic carbocycles. The van der Waals surface area contributed by atoms with Crippen LogP contribution in [0.3, 0.4) is 0 Å². The van der Waals surface area contributed by atoms with Gasteiger partial charge in [-0.2, -0.15) is 0 Å². The van der Waals surface area contributed by atoms with Gasteiger partial charge in [-0.15, -0.1) is 0 Å². The van der Waals surface area contributed by atoms with Crippen molar-refractivity contribution in [2.75, 3.05) is 17.4 Å². The topological polar surface area (TPSA) is 69.7 Å². The Kier molecular flexibility index (Phi) is 8.63. The average molecular weight is 554 g/mol. The lowest BCUT2D eigenvalue weighted by Gasteiger charge is -2.27. The second kappa shape index (κ2) is 12.5. The number of nitrogens with one attached hydrogen (secondary N) is 1. The minimum Gasteiger partial charge on any atom is -0.348 e. The van der Waals surface area contributed by atoms with E-state index in [0.717, 1.165) is 36.3 Å². The molecular formula is C33H35N3O3S. The third-order valence-corrected chi connectivity index (χ3v) is 9.12. The van der Waals surface area contributed by atoms with Gasteiger partial charge in [-0.1, -0.05) is 84.4 Å². The number of para-hydroxylation sites is 1. The summed E-state index contributed by atoms with van der Waals surface area (Å²) in [6, 6.07) is 31.3. The molecule has 7 heteroatoms. The van der Waals surface area contributed by atoms with Crippen molar-refractivity contribution in [3.05, 3.63) is 131 Å². The van der Waals surface area contributed by atoms with Crippen molar-refractivity contribution in [3.63, 3.8) is 0 Å². The third-order valence-electron chi connectivity index (χ3n) is 7.35. The number of hydrogen-bond acceptors (Lipinski definition) is 4. The fourth-order valence-corrected chi connectivity index (χ4v) is 6.58. The molecule has 0 unspecified atom stereocenters. The van der Waals surface area contributed by atoms with Gasteiger partial charge in [0.1, 0.15) is 0 Å². The van der Waals surface area contributed by atoms with Crippen molar-refractivity contribution in [2.24, 2.45) is 0 Å². The van der Waals surface area contributed by atoms with Gasteiger partial charge in [0, 0.05) is 13.1 Å². The van der Waals surface area contributed by atoms with Crippen LogP contribution < -0.4 is 9.62 Å². The number of aryl methyl sites for hydroxylation is 1. The fraction of sp³-hybridized carbons (Fsp3) is 0.242. The number of likely N-dealkylation sites (tertiary alicyclic amines) is 1. The molecule has 1 aliphatic heterocycles. The molecule has 0 spiro atoms. The zero-order valence-electron chi connectivity index (χ0n) is 22.8. The molecular weight excluding hydrogens is 518 g/mol. The van der Waals surface area contributed by atoms with E-state index in [9.17, 15) is 13.2 Å². The number of sulfonamides is 1. The number of rotatable bonds is 10. The molecule has 0 atom stereocenters. The summed E-state index contributed by atoms with van der Waals surface area (Å²) < 4.78 is 29.3. The van der Waals surface area contributed by atoms with Crippen LogP contribution in [0.2, 0.25) is 0 Å². The van der Waals surface area contributed by atoms with E-state index in [0.29, 0.717) is 17.8 Å². The summed E-state index contributed by atoms with van der Waals surface area (Å²) in [6.07, 6.45) is 2.45.